The average molecular weight is 239 g/mol. The number of nitrogens with zero attached hydrogens (tertiary/aromatic N) is 1. The van der Waals surface area contributed by atoms with E-state index >= 15 is 0 Å². The monoisotopic (exact) mass is 239 g/mol. The SMILES string of the molecule is CCCC(C)(CO)CN(C)c1cccc(F)c1. The van der Waals surface area contributed by atoms with E-state index in [0.717, 1.165) is 25.1 Å². The molecule has 0 aromatic heterocycles. The summed E-state index contributed by atoms with van der Waals surface area (Å²) in [5.74, 6) is -0.226. The second kappa shape index (κ2) is 6.01. The predicted molar refractivity (Wildman–Crippen MR) is 69.8 cm³/mol. The zero-order valence-corrected chi connectivity index (χ0v) is 10.9. The van der Waals surface area contributed by atoms with Gasteiger partial charge in [-0.15, -0.1) is 0 Å². The van der Waals surface area contributed by atoms with Crippen molar-refractivity contribution in [3.63, 3.8) is 0 Å². The molecule has 1 rings (SSSR count). The second-order valence-electron chi connectivity index (χ2n) is 5.05. The molecule has 0 aliphatic heterocycles. The van der Waals surface area contributed by atoms with Crippen LogP contribution in [0.15, 0.2) is 24.3 Å². The highest BCUT2D eigenvalue weighted by Crippen LogP contribution is 2.26. The summed E-state index contributed by atoms with van der Waals surface area (Å²) in [4.78, 5) is 2.00. The Labute approximate surface area is 103 Å². The molecular formula is C14H22FNO. The molecule has 0 aliphatic carbocycles. The summed E-state index contributed by atoms with van der Waals surface area (Å²) in [6.45, 7) is 5.05. The summed E-state index contributed by atoms with van der Waals surface area (Å²) < 4.78 is 13.1. The smallest absolute Gasteiger partial charge is 0.125 e. The number of rotatable bonds is 6. The van der Waals surface area contributed by atoms with Gasteiger partial charge in [0, 0.05) is 24.7 Å². The van der Waals surface area contributed by atoms with Crippen molar-refractivity contribution in [2.45, 2.75) is 26.7 Å². The summed E-state index contributed by atoms with van der Waals surface area (Å²) in [7, 11) is 1.93. The van der Waals surface area contributed by atoms with E-state index in [-0.39, 0.29) is 17.8 Å². The normalized spacial score (nSPS) is 14.4. The lowest BCUT2D eigenvalue weighted by atomic mass is 9.86. The maximum atomic E-state index is 13.1. The van der Waals surface area contributed by atoms with Gasteiger partial charge in [0.15, 0.2) is 0 Å². The summed E-state index contributed by atoms with van der Waals surface area (Å²) in [6, 6.07) is 6.54. The maximum Gasteiger partial charge on any atom is 0.125 e. The van der Waals surface area contributed by atoms with Crippen LogP contribution in [0.25, 0.3) is 0 Å². The number of anilines is 1. The summed E-state index contributed by atoms with van der Waals surface area (Å²) >= 11 is 0. The highest BCUT2D eigenvalue weighted by atomic mass is 19.1. The van der Waals surface area contributed by atoms with Crippen molar-refractivity contribution in [3.05, 3.63) is 30.1 Å². The van der Waals surface area contributed by atoms with Crippen molar-refractivity contribution in [1.82, 2.24) is 0 Å². The van der Waals surface area contributed by atoms with Gasteiger partial charge in [-0.05, 0) is 24.6 Å². The van der Waals surface area contributed by atoms with Crippen molar-refractivity contribution in [2.24, 2.45) is 5.41 Å². The molecule has 1 aromatic rings. The summed E-state index contributed by atoms with van der Waals surface area (Å²) in [5, 5.41) is 9.47. The molecule has 2 nitrogen and oxygen atoms in total. The highest BCUT2D eigenvalue weighted by Gasteiger charge is 2.24. The van der Waals surface area contributed by atoms with Crippen LogP contribution in [0.2, 0.25) is 0 Å². The molecule has 0 bridgehead atoms. The second-order valence-corrected chi connectivity index (χ2v) is 5.05. The molecular weight excluding hydrogens is 217 g/mol. The molecule has 1 aromatic carbocycles. The molecule has 0 radical (unpaired) electrons. The third kappa shape index (κ3) is 4.00. The van der Waals surface area contributed by atoms with Crippen LogP contribution in [-0.4, -0.2) is 25.3 Å². The van der Waals surface area contributed by atoms with E-state index in [2.05, 4.69) is 13.8 Å². The summed E-state index contributed by atoms with van der Waals surface area (Å²) in [5.41, 5.74) is 0.719. The van der Waals surface area contributed by atoms with E-state index in [9.17, 15) is 9.50 Å². The molecule has 0 saturated carbocycles. The van der Waals surface area contributed by atoms with Crippen LogP contribution < -0.4 is 4.90 Å². The van der Waals surface area contributed by atoms with Crippen molar-refractivity contribution < 1.29 is 9.50 Å². The van der Waals surface area contributed by atoms with Gasteiger partial charge >= 0.3 is 0 Å². The minimum atomic E-state index is -0.226. The van der Waals surface area contributed by atoms with Crippen LogP contribution >= 0.6 is 0 Å². The van der Waals surface area contributed by atoms with Crippen LogP contribution in [-0.2, 0) is 0 Å². The standard InChI is InChI=1S/C14H22FNO/c1-4-8-14(2,11-17)10-16(3)13-7-5-6-12(15)9-13/h5-7,9,17H,4,8,10-11H2,1-3H3. The Morgan fingerprint density at radius 1 is 1.41 bits per heavy atom. The number of halogens is 1. The van der Waals surface area contributed by atoms with Crippen LogP contribution in [0.3, 0.4) is 0 Å². The van der Waals surface area contributed by atoms with E-state index in [1.165, 1.54) is 12.1 Å². The largest absolute Gasteiger partial charge is 0.396 e. The molecule has 0 amide bonds. The molecule has 17 heavy (non-hydrogen) atoms. The lowest BCUT2D eigenvalue weighted by Crippen LogP contribution is -2.36. The molecule has 96 valence electrons. The zero-order chi connectivity index (χ0) is 12.9. The van der Waals surface area contributed by atoms with E-state index in [1.54, 1.807) is 6.07 Å². The Balaban J connectivity index is 2.73. The van der Waals surface area contributed by atoms with E-state index in [1.807, 2.05) is 18.0 Å². The first-order valence-electron chi connectivity index (χ1n) is 6.08. The van der Waals surface area contributed by atoms with Gasteiger partial charge in [-0.1, -0.05) is 26.3 Å². The Hall–Kier alpha value is -1.09. The molecule has 1 N–H and O–H groups in total. The minimum Gasteiger partial charge on any atom is -0.396 e. The number of hydrogen-bond acceptors (Lipinski definition) is 2. The van der Waals surface area contributed by atoms with Crippen LogP contribution in [0.4, 0.5) is 10.1 Å². The van der Waals surface area contributed by atoms with Gasteiger partial charge in [-0.2, -0.15) is 0 Å². The topological polar surface area (TPSA) is 23.5 Å². The van der Waals surface area contributed by atoms with Crippen molar-refractivity contribution in [1.29, 1.82) is 0 Å². The Morgan fingerprint density at radius 2 is 2.12 bits per heavy atom. The van der Waals surface area contributed by atoms with Gasteiger partial charge in [0.2, 0.25) is 0 Å². The molecule has 0 saturated heterocycles. The fraction of sp³-hybridized carbons (Fsp3) is 0.571. The quantitative estimate of drug-likeness (QED) is 0.824. The fourth-order valence-electron chi connectivity index (χ4n) is 2.19. The molecule has 0 heterocycles. The number of hydrogen-bond donors (Lipinski definition) is 1. The summed E-state index contributed by atoms with van der Waals surface area (Å²) in [6.07, 6.45) is 2.00. The Bertz CT molecular complexity index is 356. The van der Waals surface area contributed by atoms with Crippen LogP contribution in [0.5, 0.6) is 0 Å². The number of aliphatic hydroxyl groups excluding tert-OH is 1. The lowest BCUT2D eigenvalue weighted by molar-refractivity contribution is 0.138. The van der Waals surface area contributed by atoms with Crippen LogP contribution in [0.1, 0.15) is 26.7 Å². The molecule has 3 heteroatoms. The van der Waals surface area contributed by atoms with E-state index in [0.29, 0.717) is 0 Å². The Kier molecular flexibility index (Phi) is 4.94. The predicted octanol–water partition coefficient (Wildman–Crippen LogP) is 3.06. The maximum absolute atomic E-state index is 13.1. The van der Waals surface area contributed by atoms with Crippen molar-refractivity contribution >= 4 is 5.69 Å². The third-order valence-electron chi connectivity index (χ3n) is 3.10. The van der Waals surface area contributed by atoms with Gasteiger partial charge < -0.3 is 10.0 Å². The van der Waals surface area contributed by atoms with Gasteiger partial charge in [0.05, 0.1) is 6.61 Å². The first-order chi connectivity index (χ1) is 8.00. The van der Waals surface area contributed by atoms with Gasteiger partial charge in [-0.25, -0.2) is 4.39 Å². The fourth-order valence-corrected chi connectivity index (χ4v) is 2.19. The molecule has 0 aliphatic rings. The third-order valence-corrected chi connectivity index (χ3v) is 3.10. The van der Waals surface area contributed by atoms with Crippen molar-refractivity contribution in [2.75, 3.05) is 25.1 Å². The first-order valence-corrected chi connectivity index (χ1v) is 6.08. The van der Waals surface area contributed by atoms with E-state index in [4.69, 9.17) is 0 Å². The van der Waals surface area contributed by atoms with Gasteiger partial charge in [-0.3, -0.25) is 0 Å². The van der Waals surface area contributed by atoms with Crippen molar-refractivity contribution in [3.8, 4) is 0 Å². The number of benzene rings is 1. The average Bonchev–Trinajstić information content (AvgIpc) is 2.29. The van der Waals surface area contributed by atoms with Crippen LogP contribution in [0, 0.1) is 11.2 Å². The van der Waals surface area contributed by atoms with Gasteiger partial charge in [0.1, 0.15) is 5.82 Å². The minimum absolute atomic E-state index is 0.129. The molecule has 1 unspecified atom stereocenters. The highest BCUT2D eigenvalue weighted by molar-refractivity contribution is 5.45. The first kappa shape index (κ1) is 14.0. The Morgan fingerprint density at radius 3 is 2.65 bits per heavy atom. The van der Waals surface area contributed by atoms with E-state index < -0.39 is 0 Å². The van der Waals surface area contributed by atoms with Gasteiger partial charge in [0.25, 0.3) is 0 Å². The number of aliphatic hydroxyl groups is 1. The molecule has 0 spiro atoms. The zero-order valence-electron chi connectivity index (χ0n) is 10.9. The molecule has 0 fully saturated rings. The lowest BCUT2D eigenvalue weighted by Gasteiger charge is -2.33. The molecule has 1 atom stereocenters.